The zero-order valence-corrected chi connectivity index (χ0v) is 15.0. The summed E-state index contributed by atoms with van der Waals surface area (Å²) in [6.07, 6.45) is 0.130. The van der Waals surface area contributed by atoms with Gasteiger partial charge in [-0.3, -0.25) is 9.59 Å². The van der Waals surface area contributed by atoms with E-state index >= 15 is 0 Å². The number of rotatable bonds is 8. The fourth-order valence-corrected chi connectivity index (χ4v) is 2.71. The SMILES string of the molecule is CCNC(=O)CCCOc1ccccc1OC(=O)ON1C(=O)CCC2OC21. The van der Waals surface area contributed by atoms with Gasteiger partial charge >= 0.3 is 6.16 Å². The van der Waals surface area contributed by atoms with Crippen LogP contribution in [0.3, 0.4) is 0 Å². The Balaban J connectivity index is 1.49. The second-order valence-electron chi connectivity index (χ2n) is 6.12. The van der Waals surface area contributed by atoms with E-state index in [1.54, 1.807) is 24.3 Å². The Morgan fingerprint density at radius 2 is 2.07 bits per heavy atom. The lowest BCUT2D eigenvalue weighted by Gasteiger charge is -2.21. The second-order valence-corrected chi connectivity index (χ2v) is 6.12. The van der Waals surface area contributed by atoms with Gasteiger partial charge in [-0.05, 0) is 31.9 Å². The highest BCUT2D eigenvalue weighted by molar-refractivity contribution is 5.78. The van der Waals surface area contributed by atoms with Crippen LogP contribution in [0.25, 0.3) is 0 Å². The van der Waals surface area contributed by atoms with Gasteiger partial charge in [-0.25, -0.2) is 4.79 Å². The van der Waals surface area contributed by atoms with Gasteiger partial charge in [0.15, 0.2) is 17.7 Å². The first kappa shape index (κ1) is 19.0. The molecule has 3 rings (SSSR count). The molecule has 0 spiro atoms. The standard InChI is InChI=1S/C18H22N2O7/c1-2-19-15(21)8-5-11-24-12-6-3-4-7-13(12)26-18(23)27-20-16(22)10-9-14-17(20)25-14/h3-4,6-7,14,17H,2,5,8-11H2,1H3,(H,19,21). The van der Waals surface area contributed by atoms with Gasteiger partial charge in [-0.2, -0.15) is 0 Å². The number of carbonyl (C=O) groups is 3. The minimum Gasteiger partial charge on any atom is -0.490 e. The maximum absolute atomic E-state index is 12.0. The van der Waals surface area contributed by atoms with E-state index in [-0.39, 0.29) is 36.7 Å². The van der Waals surface area contributed by atoms with Crippen molar-refractivity contribution in [2.45, 2.75) is 44.9 Å². The summed E-state index contributed by atoms with van der Waals surface area (Å²) in [5, 5.41) is 3.63. The molecule has 2 unspecified atom stereocenters. The molecule has 0 radical (unpaired) electrons. The number of epoxide rings is 1. The van der Waals surface area contributed by atoms with Crippen LogP contribution in [-0.2, 0) is 19.2 Å². The summed E-state index contributed by atoms with van der Waals surface area (Å²) >= 11 is 0. The van der Waals surface area contributed by atoms with Crippen molar-refractivity contribution in [1.29, 1.82) is 0 Å². The number of nitrogens with one attached hydrogen (secondary N) is 1. The maximum Gasteiger partial charge on any atom is 0.539 e. The van der Waals surface area contributed by atoms with Crippen LogP contribution in [0.1, 0.15) is 32.6 Å². The van der Waals surface area contributed by atoms with Crippen LogP contribution >= 0.6 is 0 Å². The van der Waals surface area contributed by atoms with Gasteiger partial charge in [0.05, 0.1) is 6.61 Å². The van der Waals surface area contributed by atoms with Crippen LogP contribution in [0.4, 0.5) is 4.79 Å². The number of piperidine rings is 1. The first-order chi connectivity index (χ1) is 13.1. The minimum atomic E-state index is -1.04. The molecule has 1 aromatic carbocycles. The van der Waals surface area contributed by atoms with Gasteiger partial charge in [-0.15, -0.1) is 5.06 Å². The summed E-state index contributed by atoms with van der Waals surface area (Å²) in [7, 11) is 0. The Hall–Kier alpha value is -2.81. The Morgan fingerprint density at radius 1 is 1.30 bits per heavy atom. The molecule has 2 saturated heterocycles. The van der Waals surface area contributed by atoms with Crippen LogP contribution in [0, 0.1) is 0 Å². The molecule has 0 aliphatic carbocycles. The van der Waals surface area contributed by atoms with Crippen LogP contribution in [0.15, 0.2) is 24.3 Å². The van der Waals surface area contributed by atoms with Crippen molar-refractivity contribution in [3.05, 3.63) is 24.3 Å². The highest BCUT2D eigenvalue weighted by atomic mass is 16.9. The predicted molar refractivity (Wildman–Crippen MR) is 91.7 cm³/mol. The summed E-state index contributed by atoms with van der Waals surface area (Å²) in [6, 6.07) is 6.60. The zero-order chi connectivity index (χ0) is 19.2. The van der Waals surface area contributed by atoms with Crippen LogP contribution in [-0.4, -0.2) is 48.5 Å². The fourth-order valence-electron chi connectivity index (χ4n) is 2.71. The summed E-state index contributed by atoms with van der Waals surface area (Å²) in [5.41, 5.74) is 0. The molecule has 27 heavy (non-hydrogen) atoms. The Morgan fingerprint density at radius 3 is 2.85 bits per heavy atom. The number of ether oxygens (including phenoxy) is 3. The van der Waals surface area contributed by atoms with Gasteiger partial charge in [0, 0.05) is 19.4 Å². The molecule has 146 valence electrons. The zero-order valence-electron chi connectivity index (χ0n) is 15.0. The van der Waals surface area contributed by atoms with E-state index in [0.29, 0.717) is 31.6 Å². The summed E-state index contributed by atoms with van der Waals surface area (Å²) in [6.45, 7) is 2.73. The number of nitrogens with zero attached hydrogens (tertiary/aromatic N) is 1. The molecule has 2 heterocycles. The molecule has 1 aromatic rings. The quantitative estimate of drug-likeness (QED) is 0.318. The minimum absolute atomic E-state index is 0.0407. The van der Waals surface area contributed by atoms with E-state index in [1.165, 1.54) is 0 Å². The van der Waals surface area contributed by atoms with Crippen molar-refractivity contribution in [3.63, 3.8) is 0 Å². The Labute approximate surface area is 156 Å². The van der Waals surface area contributed by atoms with Gasteiger partial charge in [0.25, 0.3) is 5.91 Å². The molecule has 2 fully saturated rings. The fraction of sp³-hybridized carbons (Fsp3) is 0.500. The van der Waals surface area contributed by atoms with Gasteiger partial charge in [-0.1, -0.05) is 12.1 Å². The number of amides is 2. The van der Waals surface area contributed by atoms with Crippen molar-refractivity contribution < 1.29 is 33.4 Å². The van der Waals surface area contributed by atoms with E-state index < -0.39 is 12.4 Å². The lowest BCUT2D eigenvalue weighted by molar-refractivity contribution is -0.181. The molecular weight excluding hydrogens is 356 g/mol. The first-order valence-electron chi connectivity index (χ1n) is 8.94. The number of fused-ring (bicyclic) bond motifs is 1. The Kier molecular flexibility index (Phi) is 6.12. The molecule has 0 bridgehead atoms. The maximum atomic E-state index is 12.0. The monoisotopic (exact) mass is 378 g/mol. The molecule has 0 saturated carbocycles. The number of para-hydroxylation sites is 2. The van der Waals surface area contributed by atoms with Gasteiger partial charge < -0.3 is 24.4 Å². The lowest BCUT2D eigenvalue weighted by Crippen LogP contribution is -2.40. The van der Waals surface area contributed by atoms with Crippen LogP contribution in [0.2, 0.25) is 0 Å². The molecular formula is C18H22N2O7. The number of hydrogen-bond acceptors (Lipinski definition) is 7. The topological polar surface area (TPSA) is 107 Å². The summed E-state index contributed by atoms with van der Waals surface area (Å²) in [4.78, 5) is 40.3. The molecule has 2 atom stereocenters. The molecule has 1 N–H and O–H groups in total. The predicted octanol–water partition coefficient (Wildman–Crippen LogP) is 1.76. The smallest absolute Gasteiger partial charge is 0.490 e. The number of carbonyl (C=O) groups excluding carboxylic acids is 3. The van der Waals surface area contributed by atoms with Crippen molar-refractivity contribution >= 4 is 18.0 Å². The average molecular weight is 378 g/mol. The third-order valence-electron chi connectivity index (χ3n) is 4.07. The largest absolute Gasteiger partial charge is 0.539 e. The normalized spacial score (nSPS) is 20.5. The number of hydroxylamine groups is 2. The third kappa shape index (κ3) is 5.10. The molecule has 2 amide bonds. The highest BCUT2D eigenvalue weighted by Crippen LogP contribution is 2.35. The van der Waals surface area contributed by atoms with Crippen LogP contribution in [0.5, 0.6) is 11.5 Å². The first-order valence-corrected chi connectivity index (χ1v) is 8.94. The van der Waals surface area contributed by atoms with Crippen molar-refractivity contribution in [2.24, 2.45) is 0 Å². The third-order valence-corrected chi connectivity index (χ3v) is 4.07. The van der Waals surface area contributed by atoms with E-state index in [2.05, 4.69) is 5.32 Å². The van der Waals surface area contributed by atoms with Crippen molar-refractivity contribution in [3.8, 4) is 11.5 Å². The van der Waals surface area contributed by atoms with Crippen molar-refractivity contribution in [2.75, 3.05) is 13.2 Å². The van der Waals surface area contributed by atoms with Crippen molar-refractivity contribution in [1.82, 2.24) is 10.4 Å². The second kappa shape index (κ2) is 8.72. The van der Waals surface area contributed by atoms with E-state index in [1.807, 2.05) is 6.92 Å². The molecule has 9 nitrogen and oxygen atoms in total. The summed E-state index contributed by atoms with van der Waals surface area (Å²) < 4.78 is 16.0. The van der Waals surface area contributed by atoms with Crippen LogP contribution < -0.4 is 14.8 Å². The number of hydrogen-bond donors (Lipinski definition) is 1. The summed E-state index contributed by atoms with van der Waals surface area (Å²) in [5.74, 6) is 0.149. The van der Waals surface area contributed by atoms with E-state index in [9.17, 15) is 14.4 Å². The highest BCUT2D eigenvalue weighted by Gasteiger charge is 2.52. The van der Waals surface area contributed by atoms with E-state index in [4.69, 9.17) is 19.0 Å². The number of benzene rings is 1. The van der Waals surface area contributed by atoms with Gasteiger partial charge in [0.2, 0.25) is 5.91 Å². The molecule has 2 aliphatic heterocycles. The Bertz CT molecular complexity index is 709. The average Bonchev–Trinajstić information content (AvgIpc) is 3.43. The lowest BCUT2D eigenvalue weighted by atomic mass is 10.1. The molecule has 2 aliphatic rings. The molecule has 0 aromatic heterocycles. The molecule has 9 heteroatoms. The van der Waals surface area contributed by atoms with Gasteiger partial charge in [0.1, 0.15) is 6.10 Å². The van der Waals surface area contributed by atoms with E-state index in [0.717, 1.165) is 5.06 Å².